The maximum absolute atomic E-state index is 11.3. The third kappa shape index (κ3) is 3.17. The molecule has 0 radical (unpaired) electrons. The number of nitrogens with one attached hydrogen (secondary N) is 2. The molecule has 4 N–H and O–H groups in total. The fourth-order valence-electron chi connectivity index (χ4n) is 1.63. The number of hydrazine groups is 1. The lowest BCUT2D eigenvalue weighted by Crippen LogP contribution is -2.39. The maximum Gasteiger partial charge on any atom is 0.323 e. The Hall–Kier alpha value is -2.66. The average Bonchev–Trinajstić information content (AvgIpc) is 2.48. The minimum Gasteiger partial charge on any atom is -0.318 e. The van der Waals surface area contributed by atoms with E-state index in [1.54, 1.807) is 17.6 Å². The van der Waals surface area contributed by atoms with Crippen molar-refractivity contribution in [2.45, 2.75) is 0 Å². The Morgan fingerprint density at radius 2 is 1.37 bits per heavy atom. The van der Waals surface area contributed by atoms with Crippen LogP contribution in [0.3, 0.4) is 0 Å². The Morgan fingerprint density at radius 1 is 0.789 bits per heavy atom. The van der Waals surface area contributed by atoms with Gasteiger partial charge >= 0.3 is 11.8 Å². The molecule has 0 spiro atoms. The normalized spacial score (nSPS) is 9.74. The highest BCUT2D eigenvalue weighted by molar-refractivity contribution is 6.39. The zero-order valence-corrected chi connectivity index (χ0v) is 10.1. The summed E-state index contributed by atoms with van der Waals surface area (Å²) in [7, 11) is 0. The highest BCUT2D eigenvalue weighted by atomic mass is 16.2. The summed E-state index contributed by atoms with van der Waals surface area (Å²) in [5.74, 6) is 3.19. The van der Waals surface area contributed by atoms with Crippen LogP contribution >= 0.6 is 0 Å². The van der Waals surface area contributed by atoms with Crippen LogP contribution in [0.5, 0.6) is 0 Å². The molecular formula is C14H13N3O2. The molecule has 96 valence electrons. The lowest BCUT2D eigenvalue weighted by Gasteiger charge is -2.05. The van der Waals surface area contributed by atoms with Gasteiger partial charge in [-0.15, -0.1) is 0 Å². The van der Waals surface area contributed by atoms with Crippen LogP contribution in [0.4, 0.5) is 5.69 Å². The second kappa shape index (κ2) is 5.79. The number of amides is 2. The number of carbonyl (C=O) groups is 2. The summed E-state index contributed by atoms with van der Waals surface area (Å²) in [6, 6.07) is 17.0. The van der Waals surface area contributed by atoms with Crippen molar-refractivity contribution in [1.29, 1.82) is 0 Å². The van der Waals surface area contributed by atoms with Crippen molar-refractivity contribution in [3.63, 3.8) is 0 Å². The summed E-state index contributed by atoms with van der Waals surface area (Å²) in [4.78, 5) is 22.3. The monoisotopic (exact) mass is 255 g/mol. The fourth-order valence-corrected chi connectivity index (χ4v) is 1.63. The van der Waals surface area contributed by atoms with Crippen LogP contribution in [0.1, 0.15) is 0 Å². The van der Waals surface area contributed by atoms with Gasteiger partial charge in [-0.05, 0) is 23.3 Å². The lowest BCUT2D eigenvalue weighted by molar-refractivity contribution is -0.136. The quantitative estimate of drug-likeness (QED) is 0.327. The van der Waals surface area contributed by atoms with Crippen molar-refractivity contribution in [2.75, 3.05) is 5.32 Å². The Labute approximate surface area is 110 Å². The lowest BCUT2D eigenvalue weighted by atomic mass is 10.1. The number of nitrogens with two attached hydrogens (primary N) is 1. The number of benzene rings is 2. The van der Waals surface area contributed by atoms with E-state index in [0.717, 1.165) is 11.1 Å². The van der Waals surface area contributed by atoms with Gasteiger partial charge in [0.2, 0.25) is 0 Å². The smallest absolute Gasteiger partial charge is 0.318 e. The zero-order valence-electron chi connectivity index (χ0n) is 10.1. The summed E-state index contributed by atoms with van der Waals surface area (Å²) in [6.07, 6.45) is 0. The first-order chi connectivity index (χ1) is 9.20. The van der Waals surface area contributed by atoms with Crippen LogP contribution < -0.4 is 16.6 Å². The molecule has 0 aliphatic rings. The van der Waals surface area contributed by atoms with E-state index in [1.807, 2.05) is 42.5 Å². The van der Waals surface area contributed by atoms with Crippen LogP contribution in [-0.2, 0) is 9.59 Å². The third-order valence-corrected chi connectivity index (χ3v) is 2.59. The Bertz CT molecular complexity index is 579. The highest BCUT2D eigenvalue weighted by Crippen LogP contribution is 2.20. The van der Waals surface area contributed by atoms with Crippen molar-refractivity contribution in [3.8, 4) is 11.1 Å². The second-order valence-electron chi connectivity index (χ2n) is 3.87. The van der Waals surface area contributed by atoms with Gasteiger partial charge in [0.15, 0.2) is 0 Å². The topological polar surface area (TPSA) is 84.2 Å². The molecule has 0 saturated carbocycles. The molecular weight excluding hydrogens is 242 g/mol. The Kier molecular flexibility index (Phi) is 3.90. The molecule has 0 fully saturated rings. The molecule has 0 unspecified atom stereocenters. The van der Waals surface area contributed by atoms with Crippen molar-refractivity contribution >= 4 is 17.5 Å². The molecule has 0 aromatic heterocycles. The van der Waals surface area contributed by atoms with Gasteiger partial charge in [0.05, 0.1) is 0 Å². The number of carbonyl (C=O) groups excluding carboxylic acids is 2. The molecule has 5 heteroatoms. The minimum atomic E-state index is -0.882. The molecule has 0 aliphatic heterocycles. The number of rotatable bonds is 2. The van der Waals surface area contributed by atoms with Gasteiger partial charge in [-0.1, -0.05) is 42.5 Å². The van der Waals surface area contributed by atoms with Gasteiger partial charge in [-0.2, -0.15) is 0 Å². The van der Waals surface area contributed by atoms with Gasteiger partial charge in [-0.3, -0.25) is 15.0 Å². The summed E-state index contributed by atoms with van der Waals surface area (Å²) in [5.41, 5.74) is 4.42. The molecule has 2 aromatic rings. The summed E-state index contributed by atoms with van der Waals surface area (Å²) < 4.78 is 0. The van der Waals surface area contributed by atoms with Crippen molar-refractivity contribution < 1.29 is 9.59 Å². The minimum absolute atomic E-state index is 0.535. The average molecular weight is 255 g/mol. The SMILES string of the molecule is NNC(=O)C(=O)Nc1ccc(-c2ccccc2)cc1. The third-order valence-electron chi connectivity index (χ3n) is 2.59. The van der Waals surface area contributed by atoms with E-state index in [0.29, 0.717) is 5.69 Å². The molecule has 0 atom stereocenters. The van der Waals surface area contributed by atoms with Crippen LogP contribution in [0.15, 0.2) is 54.6 Å². The van der Waals surface area contributed by atoms with Gasteiger partial charge in [-0.25, -0.2) is 5.84 Å². The molecule has 0 bridgehead atoms. The summed E-state index contributed by atoms with van der Waals surface area (Å²) in [5, 5.41) is 2.44. The first-order valence-electron chi connectivity index (χ1n) is 5.68. The van der Waals surface area contributed by atoms with Crippen molar-refractivity contribution in [1.82, 2.24) is 5.43 Å². The van der Waals surface area contributed by atoms with E-state index in [1.165, 1.54) is 0 Å². The molecule has 19 heavy (non-hydrogen) atoms. The zero-order chi connectivity index (χ0) is 13.7. The molecule has 0 heterocycles. The van der Waals surface area contributed by atoms with Crippen LogP contribution in [0.2, 0.25) is 0 Å². The van der Waals surface area contributed by atoms with Gasteiger partial charge in [0, 0.05) is 5.69 Å². The molecule has 2 rings (SSSR count). The van der Waals surface area contributed by atoms with Crippen LogP contribution in [0.25, 0.3) is 11.1 Å². The van der Waals surface area contributed by atoms with Crippen LogP contribution in [0, 0.1) is 0 Å². The predicted octanol–water partition coefficient (Wildman–Crippen LogP) is 1.28. The van der Waals surface area contributed by atoms with Crippen molar-refractivity contribution in [3.05, 3.63) is 54.6 Å². The molecule has 0 aliphatic carbocycles. The number of hydrogen-bond acceptors (Lipinski definition) is 3. The van der Waals surface area contributed by atoms with E-state index < -0.39 is 11.8 Å². The maximum atomic E-state index is 11.3. The Morgan fingerprint density at radius 3 is 1.95 bits per heavy atom. The molecule has 5 nitrogen and oxygen atoms in total. The standard InChI is InChI=1S/C14H13N3O2/c15-17-14(19)13(18)16-12-8-6-11(7-9-12)10-4-2-1-3-5-10/h1-9H,15H2,(H,16,18)(H,17,19). The van der Waals surface area contributed by atoms with E-state index in [2.05, 4.69) is 5.32 Å². The van der Waals surface area contributed by atoms with E-state index >= 15 is 0 Å². The van der Waals surface area contributed by atoms with Gasteiger partial charge in [0.1, 0.15) is 0 Å². The first-order valence-corrected chi connectivity index (χ1v) is 5.68. The summed E-state index contributed by atoms with van der Waals surface area (Å²) in [6.45, 7) is 0. The first kappa shape index (κ1) is 12.8. The predicted molar refractivity (Wildman–Crippen MR) is 72.8 cm³/mol. The number of hydrogen-bond donors (Lipinski definition) is 3. The van der Waals surface area contributed by atoms with E-state index in [-0.39, 0.29) is 0 Å². The summed E-state index contributed by atoms with van der Waals surface area (Å²) >= 11 is 0. The number of anilines is 1. The second-order valence-corrected chi connectivity index (χ2v) is 3.87. The van der Waals surface area contributed by atoms with E-state index in [9.17, 15) is 9.59 Å². The van der Waals surface area contributed by atoms with E-state index in [4.69, 9.17) is 5.84 Å². The molecule has 2 amide bonds. The van der Waals surface area contributed by atoms with Crippen LogP contribution in [-0.4, -0.2) is 11.8 Å². The molecule has 0 saturated heterocycles. The highest BCUT2D eigenvalue weighted by Gasteiger charge is 2.11. The van der Waals surface area contributed by atoms with Gasteiger partial charge in [0.25, 0.3) is 0 Å². The molecule has 2 aromatic carbocycles. The fraction of sp³-hybridized carbons (Fsp3) is 0. The van der Waals surface area contributed by atoms with Crippen molar-refractivity contribution in [2.24, 2.45) is 5.84 Å². The van der Waals surface area contributed by atoms with Gasteiger partial charge < -0.3 is 5.32 Å². The Balaban J connectivity index is 2.11. The largest absolute Gasteiger partial charge is 0.323 e.